The number of para-hydroxylation sites is 2. The van der Waals surface area contributed by atoms with Gasteiger partial charge in [-0.15, -0.1) is 11.3 Å². The maximum Gasteiger partial charge on any atom is 0.0788 e. The number of aromatic nitrogens is 2. The predicted molar refractivity (Wildman–Crippen MR) is 245 cm³/mol. The summed E-state index contributed by atoms with van der Waals surface area (Å²) in [5.41, 5.74) is 10.9. The standard InChI is InChI=1S/C54H36N2S/c1-3-11-35(12-4-1)37-19-20-40-33-43(25-23-38(40)31-37)55-49-17-9-7-15-45(49)47-27-28-48-46-16-8-10-18-50(46)56(54(48)53(47)55)44-26-24-39-32-42(22-21-41(39)34-44)52-30-29-51(57-52)36-13-5-2-6-14-36/h1-13,15-34,36H,14H2. The van der Waals surface area contributed by atoms with Crippen LogP contribution < -0.4 is 0 Å². The van der Waals surface area contributed by atoms with E-state index in [0.717, 1.165) is 17.8 Å². The lowest BCUT2D eigenvalue weighted by molar-refractivity contribution is 0.873. The first-order chi connectivity index (χ1) is 28.2. The molecule has 0 saturated carbocycles. The Bertz CT molecular complexity index is 3440. The molecule has 268 valence electrons. The van der Waals surface area contributed by atoms with Crippen molar-refractivity contribution in [3.63, 3.8) is 0 Å². The first-order valence-electron chi connectivity index (χ1n) is 19.8. The molecule has 12 rings (SSSR count). The van der Waals surface area contributed by atoms with Gasteiger partial charge in [-0.1, -0.05) is 140 Å². The highest BCUT2D eigenvalue weighted by molar-refractivity contribution is 7.15. The van der Waals surface area contributed by atoms with E-state index in [1.807, 2.05) is 11.3 Å². The van der Waals surface area contributed by atoms with Crippen LogP contribution in [-0.2, 0) is 0 Å². The number of hydrogen-bond acceptors (Lipinski definition) is 1. The van der Waals surface area contributed by atoms with Gasteiger partial charge in [0.1, 0.15) is 0 Å². The van der Waals surface area contributed by atoms with Crippen LogP contribution in [0.2, 0.25) is 0 Å². The monoisotopic (exact) mass is 744 g/mol. The fraction of sp³-hybridized carbons (Fsp3) is 0.0370. The smallest absolute Gasteiger partial charge is 0.0788 e. The van der Waals surface area contributed by atoms with Gasteiger partial charge in [-0.3, -0.25) is 0 Å². The Morgan fingerprint density at radius 3 is 1.61 bits per heavy atom. The number of allylic oxidation sites excluding steroid dienone is 4. The van der Waals surface area contributed by atoms with E-state index in [4.69, 9.17) is 0 Å². The van der Waals surface area contributed by atoms with Gasteiger partial charge < -0.3 is 9.13 Å². The molecule has 1 aliphatic rings. The van der Waals surface area contributed by atoms with Crippen LogP contribution >= 0.6 is 11.3 Å². The molecule has 11 aromatic rings. The number of fused-ring (bicyclic) bond motifs is 9. The fourth-order valence-corrected chi connectivity index (χ4v) is 10.3. The predicted octanol–water partition coefficient (Wildman–Crippen LogP) is 15.2. The van der Waals surface area contributed by atoms with Crippen molar-refractivity contribution in [2.45, 2.75) is 12.3 Å². The second kappa shape index (κ2) is 12.8. The Kier molecular flexibility index (Phi) is 7.26. The summed E-state index contributed by atoms with van der Waals surface area (Å²) in [6.07, 6.45) is 9.99. The Balaban J connectivity index is 1.05. The average Bonchev–Trinajstić information content (AvgIpc) is 4.00. The van der Waals surface area contributed by atoms with Crippen molar-refractivity contribution in [2.24, 2.45) is 0 Å². The van der Waals surface area contributed by atoms with E-state index in [-0.39, 0.29) is 0 Å². The highest BCUT2D eigenvalue weighted by atomic mass is 32.1. The van der Waals surface area contributed by atoms with Gasteiger partial charge >= 0.3 is 0 Å². The van der Waals surface area contributed by atoms with Crippen molar-refractivity contribution in [1.82, 2.24) is 9.13 Å². The highest BCUT2D eigenvalue weighted by Crippen LogP contribution is 2.43. The Morgan fingerprint density at radius 1 is 0.421 bits per heavy atom. The summed E-state index contributed by atoms with van der Waals surface area (Å²) in [5.74, 6) is 0.475. The second-order valence-corrected chi connectivity index (χ2v) is 16.4. The van der Waals surface area contributed by atoms with E-state index >= 15 is 0 Å². The quantitative estimate of drug-likeness (QED) is 0.166. The Morgan fingerprint density at radius 2 is 0.982 bits per heavy atom. The normalized spacial score (nSPS) is 14.3. The number of hydrogen-bond donors (Lipinski definition) is 0. The van der Waals surface area contributed by atoms with Crippen LogP contribution in [0.5, 0.6) is 0 Å². The van der Waals surface area contributed by atoms with Crippen LogP contribution in [0.3, 0.4) is 0 Å². The van der Waals surface area contributed by atoms with Crippen molar-refractivity contribution in [3.05, 3.63) is 205 Å². The van der Waals surface area contributed by atoms with Crippen LogP contribution in [0.1, 0.15) is 17.2 Å². The molecule has 3 aromatic heterocycles. The summed E-state index contributed by atoms with van der Waals surface area (Å²) in [4.78, 5) is 2.75. The molecule has 0 spiro atoms. The average molecular weight is 745 g/mol. The first kappa shape index (κ1) is 32.3. The summed E-state index contributed by atoms with van der Waals surface area (Å²) in [5, 5.41) is 9.95. The number of nitrogens with zero attached hydrogens (tertiary/aromatic N) is 2. The van der Waals surface area contributed by atoms with E-state index in [0.29, 0.717) is 5.92 Å². The second-order valence-electron chi connectivity index (χ2n) is 15.3. The molecule has 0 amide bonds. The lowest BCUT2D eigenvalue weighted by Gasteiger charge is -2.14. The number of rotatable bonds is 5. The molecule has 0 saturated heterocycles. The van der Waals surface area contributed by atoms with Gasteiger partial charge in [0.2, 0.25) is 0 Å². The summed E-state index contributed by atoms with van der Waals surface area (Å²) >= 11 is 1.92. The van der Waals surface area contributed by atoms with Gasteiger partial charge in [0.25, 0.3) is 0 Å². The van der Waals surface area contributed by atoms with Crippen molar-refractivity contribution in [1.29, 1.82) is 0 Å². The Labute approximate surface area is 334 Å². The zero-order valence-electron chi connectivity index (χ0n) is 31.1. The maximum atomic E-state index is 2.50. The third kappa shape index (κ3) is 5.16. The molecule has 1 atom stereocenters. The van der Waals surface area contributed by atoms with Gasteiger partial charge in [-0.2, -0.15) is 0 Å². The molecule has 1 unspecified atom stereocenters. The van der Waals surface area contributed by atoms with Crippen LogP contribution in [0.25, 0.3) is 98.1 Å². The minimum atomic E-state index is 0.475. The zero-order valence-corrected chi connectivity index (χ0v) is 32.0. The molecule has 3 heterocycles. The summed E-state index contributed by atoms with van der Waals surface area (Å²) < 4.78 is 5.00. The molecule has 2 nitrogen and oxygen atoms in total. The largest absolute Gasteiger partial charge is 0.307 e. The molecule has 0 bridgehead atoms. The van der Waals surface area contributed by atoms with Crippen LogP contribution in [0.4, 0.5) is 0 Å². The van der Waals surface area contributed by atoms with Gasteiger partial charge in [-0.05, 0) is 105 Å². The molecular formula is C54H36N2S. The molecule has 0 fully saturated rings. The minimum Gasteiger partial charge on any atom is -0.307 e. The number of thiophene rings is 1. The molecule has 8 aromatic carbocycles. The third-order valence-corrected chi connectivity index (χ3v) is 13.3. The van der Waals surface area contributed by atoms with Crippen LogP contribution in [0.15, 0.2) is 200 Å². The lowest BCUT2D eigenvalue weighted by atomic mass is 9.99. The lowest BCUT2D eigenvalue weighted by Crippen LogP contribution is -1.99. The van der Waals surface area contributed by atoms with Crippen molar-refractivity contribution >= 4 is 76.5 Å². The molecule has 3 heteroatoms. The van der Waals surface area contributed by atoms with E-state index in [1.165, 1.54) is 91.6 Å². The molecule has 0 aliphatic heterocycles. The van der Waals surface area contributed by atoms with E-state index in [1.54, 1.807) is 0 Å². The van der Waals surface area contributed by atoms with Gasteiger partial charge in [0.15, 0.2) is 0 Å². The van der Waals surface area contributed by atoms with Gasteiger partial charge in [0, 0.05) is 48.6 Å². The highest BCUT2D eigenvalue weighted by Gasteiger charge is 2.22. The Hall–Kier alpha value is -6.94. The summed E-state index contributed by atoms with van der Waals surface area (Å²) in [6.45, 7) is 0. The molecular weight excluding hydrogens is 709 g/mol. The first-order valence-corrected chi connectivity index (χ1v) is 20.6. The topological polar surface area (TPSA) is 9.86 Å². The van der Waals surface area contributed by atoms with Crippen LogP contribution in [-0.4, -0.2) is 9.13 Å². The SMILES string of the molecule is C1=CCC(c2ccc(-c3ccc4cc(-n5c6ccccc6c6ccc7c8ccccc8n(-c8ccc9cc(-c%10ccccc%10)ccc9c8)c7c65)ccc4c3)s2)C=C1. The van der Waals surface area contributed by atoms with Gasteiger partial charge in [-0.25, -0.2) is 0 Å². The summed E-state index contributed by atoms with van der Waals surface area (Å²) in [6, 6.07) is 65.3. The van der Waals surface area contributed by atoms with E-state index < -0.39 is 0 Å². The van der Waals surface area contributed by atoms with E-state index in [9.17, 15) is 0 Å². The van der Waals surface area contributed by atoms with Crippen molar-refractivity contribution in [2.75, 3.05) is 0 Å². The molecule has 57 heavy (non-hydrogen) atoms. The minimum absolute atomic E-state index is 0.475. The van der Waals surface area contributed by atoms with Crippen molar-refractivity contribution in [3.8, 4) is 32.9 Å². The fourth-order valence-electron chi connectivity index (χ4n) is 9.24. The van der Waals surface area contributed by atoms with Crippen molar-refractivity contribution < 1.29 is 0 Å². The molecule has 0 N–H and O–H groups in total. The zero-order chi connectivity index (χ0) is 37.5. The number of benzene rings is 8. The summed E-state index contributed by atoms with van der Waals surface area (Å²) in [7, 11) is 0. The molecule has 0 radical (unpaired) electrons. The van der Waals surface area contributed by atoms with Gasteiger partial charge in [0.05, 0.1) is 22.1 Å². The van der Waals surface area contributed by atoms with E-state index in [2.05, 4.69) is 209 Å². The third-order valence-electron chi connectivity index (χ3n) is 12.0. The van der Waals surface area contributed by atoms with Crippen LogP contribution in [0, 0.1) is 0 Å². The maximum absolute atomic E-state index is 2.50. The molecule has 1 aliphatic carbocycles.